The lowest BCUT2D eigenvalue weighted by Gasteiger charge is -2.18. The van der Waals surface area contributed by atoms with Gasteiger partial charge in [0.25, 0.3) is 0 Å². The molecule has 0 bridgehead atoms. The number of rotatable bonds is 4. The smallest absolute Gasteiger partial charge is 0.163 e. The molecule has 2 aromatic heterocycles. The fraction of sp³-hybridized carbons (Fsp3) is 0.353. The van der Waals surface area contributed by atoms with E-state index in [2.05, 4.69) is 37.1 Å². The van der Waals surface area contributed by atoms with E-state index >= 15 is 0 Å². The van der Waals surface area contributed by atoms with E-state index in [0.29, 0.717) is 0 Å². The van der Waals surface area contributed by atoms with Gasteiger partial charge in [0, 0.05) is 6.54 Å². The minimum absolute atomic E-state index is 0.280. The Kier molecular flexibility index (Phi) is 3.83. The fourth-order valence-corrected chi connectivity index (χ4v) is 3.05. The zero-order valence-corrected chi connectivity index (χ0v) is 13.5. The Morgan fingerprint density at radius 3 is 2.71 bits per heavy atom. The van der Waals surface area contributed by atoms with Crippen molar-refractivity contribution in [3.05, 3.63) is 42.2 Å². The number of para-hydroxylation sites is 1. The molecule has 110 valence electrons. The topological polar surface area (TPSA) is 38.1 Å². The molecule has 4 heteroatoms. The standard InChI is InChI=1S/C17H20N2OS/c1-17(2,3)11-18-10-12-8-9-14(20-12)16-19-13-6-4-5-7-15(13)21-16/h4-9,18H,10-11H2,1-3H3. The lowest BCUT2D eigenvalue weighted by molar-refractivity contribution is 0.368. The fourth-order valence-electron chi connectivity index (χ4n) is 2.13. The third-order valence-corrected chi connectivity index (χ3v) is 4.17. The highest BCUT2D eigenvalue weighted by Crippen LogP contribution is 2.31. The lowest BCUT2D eigenvalue weighted by Crippen LogP contribution is -2.26. The summed E-state index contributed by atoms with van der Waals surface area (Å²) in [5, 5.41) is 4.37. The third kappa shape index (κ3) is 3.52. The molecule has 1 aromatic carbocycles. The van der Waals surface area contributed by atoms with Gasteiger partial charge >= 0.3 is 0 Å². The van der Waals surface area contributed by atoms with Crippen molar-refractivity contribution in [3.8, 4) is 10.8 Å². The van der Waals surface area contributed by atoms with Gasteiger partial charge in [0.05, 0.1) is 16.8 Å². The quantitative estimate of drug-likeness (QED) is 0.759. The van der Waals surface area contributed by atoms with Gasteiger partial charge in [0.1, 0.15) is 5.76 Å². The summed E-state index contributed by atoms with van der Waals surface area (Å²) in [7, 11) is 0. The highest BCUT2D eigenvalue weighted by molar-refractivity contribution is 7.21. The van der Waals surface area contributed by atoms with Gasteiger partial charge in [-0.25, -0.2) is 4.98 Å². The molecule has 3 nitrogen and oxygen atoms in total. The van der Waals surface area contributed by atoms with Crippen molar-refractivity contribution in [1.82, 2.24) is 10.3 Å². The molecule has 0 saturated carbocycles. The maximum absolute atomic E-state index is 5.90. The summed E-state index contributed by atoms with van der Waals surface area (Å²) >= 11 is 1.67. The van der Waals surface area contributed by atoms with Crippen LogP contribution in [0.3, 0.4) is 0 Å². The van der Waals surface area contributed by atoms with E-state index in [1.807, 2.05) is 30.3 Å². The normalized spacial score (nSPS) is 12.1. The molecule has 0 aliphatic rings. The van der Waals surface area contributed by atoms with E-state index in [1.54, 1.807) is 11.3 Å². The molecule has 0 radical (unpaired) electrons. The van der Waals surface area contributed by atoms with E-state index in [-0.39, 0.29) is 5.41 Å². The van der Waals surface area contributed by atoms with Gasteiger partial charge in [-0.2, -0.15) is 0 Å². The van der Waals surface area contributed by atoms with E-state index in [1.165, 1.54) is 4.70 Å². The van der Waals surface area contributed by atoms with Gasteiger partial charge in [-0.05, 0) is 29.7 Å². The molecule has 0 fully saturated rings. The largest absolute Gasteiger partial charge is 0.457 e. The third-order valence-electron chi connectivity index (χ3n) is 3.12. The van der Waals surface area contributed by atoms with Crippen LogP contribution >= 0.6 is 11.3 Å². The first kappa shape index (κ1) is 14.3. The summed E-state index contributed by atoms with van der Waals surface area (Å²) in [5.74, 6) is 1.80. The van der Waals surface area contributed by atoms with Crippen LogP contribution in [0, 0.1) is 5.41 Å². The summed E-state index contributed by atoms with van der Waals surface area (Å²) in [6.45, 7) is 8.37. The van der Waals surface area contributed by atoms with Gasteiger partial charge in [0.2, 0.25) is 0 Å². The van der Waals surface area contributed by atoms with E-state index in [4.69, 9.17) is 4.42 Å². The van der Waals surface area contributed by atoms with Crippen LogP contribution < -0.4 is 5.32 Å². The predicted molar refractivity (Wildman–Crippen MR) is 88.5 cm³/mol. The molecule has 1 N–H and O–H groups in total. The van der Waals surface area contributed by atoms with E-state index in [0.717, 1.165) is 35.1 Å². The number of furan rings is 1. The Bertz CT molecular complexity index is 703. The number of hydrogen-bond acceptors (Lipinski definition) is 4. The van der Waals surface area contributed by atoms with E-state index in [9.17, 15) is 0 Å². The second-order valence-corrected chi connectivity index (χ2v) is 7.45. The number of thiazole rings is 1. The molecule has 0 aliphatic heterocycles. The van der Waals surface area contributed by atoms with Gasteiger partial charge in [0.15, 0.2) is 10.8 Å². The van der Waals surface area contributed by atoms with E-state index < -0.39 is 0 Å². The van der Waals surface area contributed by atoms with Gasteiger partial charge in [-0.15, -0.1) is 11.3 Å². The summed E-state index contributed by atoms with van der Waals surface area (Å²) in [6.07, 6.45) is 0. The number of benzene rings is 1. The number of nitrogens with one attached hydrogen (secondary N) is 1. The monoisotopic (exact) mass is 300 g/mol. The van der Waals surface area contributed by atoms with Crippen molar-refractivity contribution in [2.75, 3.05) is 6.54 Å². The van der Waals surface area contributed by atoms with Gasteiger partial charge in [-0.1, -0.05) is 32.9 Å². The summed E-state index contributed by atoms with van der Waals surface area (Å²) < 4.78 is 7.09. The van der Waals surface area contributed by atoms with Crippen LogP contribution in [-0.4, -0.2) is 11.5 Å². The maximum atomic E-state index is 5.90. The number of nitrogens with zero attached hydrogens (tertiary/aromatic N) is 1. The van der Waals surface area contributed by atoms with Gasteiger partial charge < -0.3 is 9.73 Å². The first-order valence-electron chi connectivity index (χ1n) is 7.17. The molecule has 2 heterocycles. The molecule has 0 aliphatic carbocycles. The Labute approximate surface area is 129 Å². The van der Waals surface area contributed by atoms with Crippen LogP contribution in [0.25, 0.3) is 21.0 Å². The lowest BCUT2D eigenvalue weighted by atomic mass is 9.97. The average Bonchev–Trinajstić information content (AvgIpc) is 3.02. The molecule has 0 amide bonds. The Balaban J connectivity index is 1.72. The van der Waals surface area contributed by atoms with Crippen molar-refractivity contribution in [2.24, 2.45) is 5.41 Å². The van der Waals surface area contributed by atoms with Crippen LogP contribution in [0.15, 0.2) is 40.8 Å². The molecule has 0 unspecified atom stereocenters. The van der Waals surface area contributed by atoms with Crippen LogP contribution in [0.4, 0.5) is 0 Å². The minimum atomic E-state index is 0.280. The number of fused-ring (bicyclic) bond motifs is 1. The van der Waals surface area contributed by atoms with Crippen molar-refractivity contribution >= 4 is 21.6 Å². The van der Waals surface area contributed by atoms with Crippen LogP contribution in [0.1, 0.15) is 26.5 Å². The second-order valence-electron chi connectivity index (χ2n) is 6.42. The molecular formula is C17H20N2OS. The zero-order valence-electron chi connectivity index (χ0n) is 12.6. The molecule has 0 atom stereocenters. The highest BCUT2D eigenvalue weighted by atomic mass is 32.1. The minimum Gasteiger partial charge on any atom is -0.457 e. The second kappa shape index (κ2) is 5.62. The maximum Gasteiger partial charge on any atom is 0.163 e. The predicted octanol–water partition coefficient (Wildman–Crippen LogP) is 4.69. The van der Waals surface area contributed by atoms with Gasteiger partial charge in [-0.3, -0.25) is 0 Å². The van der Waals surface area contributed by atoms with Crippen molar-refractivity contribution in [3.63, 3.8) is 0 Å². The summed E-state index contributed by atoms with van der Waals surface area (Å²) in [5.41, 5.74) is 1.31. The van der Waals surface area contributed by atoms with Crippen molar-refractivity contribution in [2.45, 2.75) is 27.3 Å². The zero-order chi connectivity index (χ0) is 14.9. The summed E-state index contributed by atoms with van der Waals surface area (Å²) in [6, 6.07) is 12.2. The molecular weight excluding hydrogens is 280 g/mol. The first-order valence-corrected chi connectivity index (χ1v) is 7.98. The number of aromatic nitrogens is 1. The average molecular weight is 300 g/mol. The molecule has 3 rings (SSSR count). The van der Waals surface area contributed by atoms with Crippen molar-refractivity contribution < 1.29 is 4.42 Å². The number of hydrogen-bond donors (Lipinski definition) is 1. The summed E-state index contributed by atoms with van der Waals surface area (Å²) in [4.78, 5) is 4.62. The van der Waals surface area contributed by atoms with Crippen LogP contribution in [0.5, 0.6) is 0 Å². The van der Waals surface area contributed by atoms with Crippen LogP contribution in [0.2, 0.25) is 0 Å². The van der Waals surface area contributed by atoms with Crippen molar-refractivity contribution in [1.29, 1.82) is 0 Å². The Morgan fingerprint density at radius 1 is 1.14 bits per heavy atom. The Morgan fingerprint density at radius 2 is 1.95 bits per heavy atom. The van der Waals surface area contributed by atoms with Crippen LogP contribution in [-0.2, 0) is 6.54 Å². The molecule has 21 heavy (non-hydrogen) atoms. The highest BCUT2D eigenvalue weighted by Gasteiger charge is 2.12. The molecule has 3 aromatic rings. The SMILES string of the molecule is CC(C)(C)CNCc1ccc(-c2nc3ccccc3s2)o1. The molecule has 0 saturated heterocycles. The first-order chi connectivity index (χ1) is 10.0. The Hall–Kier alpha value is -1.65. The molecule has 0 spiro atoms.